The van der Waals surface area contributed by atoms with Gasteiger partial charge in [-0.25, -0.2) is 9.37 Å². The summed E-state index contributed by atoms with van der Waals surface area (Å²) in [5.41, 5.74) is 8.31. The molecule has 37 heavy (non-hydrogen) atoms. The highest BCUT2D eigenvalue weighted by atomic mass is 19.1. The summed E-state index contributed by atoms with van der Waals surface area (Å²) in [6.45, 7) is 3.35. The Labute approximate surface area is 214 Å². The van der Waals surface area contributed by atoms with Gasteiger partial charge in [0.15, 0.2) is 5.65 Å². The van der Waals surface area contributed by atoms with Crippen LogP contribution < -0.4 is 0 Å². The fraction of sp³-hybridized carbons (Fsp3) is 0.161. The lowest BCUT2D eigenvalue weighted by molar-refractivity contribution is 0.331. The van der Waals surface area contributed by atoms with Gasteiger partial charge in [0.1, 0.15) is 11.5 Å². The highest BCUT2D eigenvalue weighted by Crippen LogP contribution is 2.35. The molecule has 5 nitrogen and oxygen atoms in total. The summed E-state index contributed by atoms with van der Waals surface area (Å²) in [7, 11) is 0. The lowest BCUT2D eigenvalue weighted by atomic mass is 10.0. The number of nitrogens with one attached hydrogen (secondary N) is 2. The third-order valence-electron chi connectivity index (χ3n) is 7.36. The van der Waals surface area contributed by atoms with E-state index >= 15 is 0 Å². The molecule has 0 spiro atoms. The third kappa shape index (κ3) is 3.99. The number of halogens is 1. The first-order chi connectivity index (χ1) is 18.2. The Morgan fingerprint density at radius 2 is 1.65 bits per heavy atom. The van der Waals surface area contributed by atoms with Gasteiger partial charge >= 0.3 is 0 Å². The normalized spacial score (nSPS) is 14.2. The van der Waals surface area contributed by atoms with E-state index in [1.165, 1.54) is 37.6 Å². The van der Waals surface area contributed by atoms with Crippen LogP contribution in [0.3, 0.4) is 0 Å². The minimum absolute atomic E-state index is 0.233. The van der Waals surface area contributed by atoms with Crippen LogP contribution in [0.25, 0.3) is 55.6 Å². The minimum atomic E-state index is -0.233. The number of rotatable bonds is 5. The van der Waals surface area contributed by atoms with E-state index in [1.54, 1.807) is 6.07 Å². The van der Waals surface area contributed by atoms with Gasteiger partial charge in [0.05, 0.1) is 5.69 Å². The third-order valence-corrected chi connectivity index (χ3v) is 7.36. The van der Waals surface area contributed by atoms with Gasteiger partial charge in [-0.15, -0.1) is 0 Å². The number of hydrogen-bond acceptors (Lipinski definition) is 3. The maximum atomic E-state index is 14.6. The summed E-state index contributed by atoms with van der Waals surface area (Å²) < 4.78 is 14.6. The topological polar surface area (TPSA) is 60.6 Å². The molecular weight excluding hydrogens is 461 g/mol. The fourth-order valence-corrected chi connectivity index (χ4v) is 5.51. The van der Waals surface area contributed by atoms with E-state index in [-0.39, 0.29) is 5.82 Å². The molecule has 1 saturated heterocycles. The summed E-state index contributed by atoms with van der Waals surface area (Å²) in [6, 6.07) is 25.7. The molecule has 3 aromatic carbocycles. The average Bonchev–Trinajstić information content (AvgIpc) is 3.68. The Kier molecular flexibility index (Phi) is 5.33. The second kappa shape index (κ2) is 8.98. The molecule has 182 valence electrons. The lowest BCUT2D eigenvalue weighted by Crippen LogP contribution is -2.18. The van der Waals surface area contributed by atoms with Crippen LogP contribution in [0, 0.1) is 5.82 Å². The van der Waals surface area contributed by atoms with Crippen LogP contribution in [0.15, 0.2) is 85.1 Å². The zero-order valence-corrected chi connectivity index (χ0v) is 20.3. The minimum Gasteiger partial charge on any atom is -0.353 e. The Morgan fingerprint density at radius 3 is 2.54 bits per heavy atom. The molecule has 0 saturated carbocycles. The molecule has 0 aliphatic carbocycles. The average molecular weight is 488 g/mol. The van der Waals surface area contributed by atoms with Crippen molar-refractivity contribution in [1.82, 2.24) is 25.1 Å². The van der Waals surface area contributed by atoms with Crippen LogP contribution in [-0.4, -0.2) is 38.2 Å². The van der Waals surface area contributed by atoms with Crippen molar-refractivity contribution in [3.05, 3.63) is 96.4 Å². The van der Waals surface area contributed by atoms with Crippen LogP contribution in [0.4, 0.5) is 4.39 Å². The fourth-order valence-electron chi connectivity index (χ4n) is 5.51. The smallest absolute Gasteiger partial charge is 0.155 e. The summed E-state index contributed by atoms with van der Waals surface area (Å²) in [5.74, 6) is -0.233. The van der Waals surface area contributed by atoms with Gasteiger partial charge in [0, 0.05) is 40.2 Å². The standard InChI is InChI=1S/C31H26FN5/c32-27-11-2-1-9-24(27)23-10-6-12-28-25(23)17-29(34-28)30-26-16-22(18-33-31(26)36-35-30)21-8-5-7-20(15-21)19-37-13-3-4-14-37/h1-2,5-12,15-18,34H,3-4,13-14,19H2,(H,33,35,36). The quantitative estimate of drug-likeness (QED) is 0.271. The second-order valence-electron chi connectivity index (χ2n) is 9.81. The van der Waals surface area contributed by atoms with Crippen molar-refractivity contribution < 1.29 is 4.39 Å². The Hall–Kier alpha value is -4.29. The van der Waals surface area contributed by atoms with Crippen molar-refractivity contribution in [3.8, 4) is 33.6 Å². The first kappa shape index (κ1) is 21.9. The largest absolute Gasteiger partial charge is 0.353 e. The molecule has 6 aromatic rings. The number of fused-ring (bicyclic) bond motifs is 2. The highest BCUT2D eigenvalue weighted by Gasteiger charge is 2.17. The number of aromatic amines is 2. The van der Waals surface area contributed by atoms with Crippen molar-refractivity contribution in [2.24, 2.45) is 0 Å². The summed E-state index contributed by atoms with van der Waals surface area (Å²) in [6.07, 6.45) is 4.49. The van der Waals surface area contributed by atoms with E-state index in [9.17, 15) is 4.39 Å². The first-order valence-corrected chi connectivity index (χ1v) is 12.8. The van der Waals surface area contributed by atoms with Crippen LogP contribution in [-0.2, 0) is 6.54 Å². The van der Waals surface area contributed by atoms with E-state index in [0.717, 1.165) is 56.6 Å². The Morgan fingerprint density at radius 1 is 0.811 bits per heavy atom. The molecule has 3 aromatic heterocycles. The van der Waals surface area contributed by atoms with Gasteiger partial charge in [-0.2, -0.15) is 5.10 Å². The van der Waals surface area contributed by atoms with Gasteiger partial charge in [-0.05, 0) is 73.0 Å². The van der Waals surface area contributed by atoms with Crippen molar-refractivity contribution in [2.75, 3.05) is 13.1 Å². The van der Waals surface area contributed by atoms with Crippen LogP contribution in [0.2, 0.25) is 0 Å². The summed E-state index contributed by atoms with van der Waals surface area (Å²) in [4.78, 5) is 10.7. The summed E-state index contributed by atoms with van der Waals surface area (Å²) >= 11 is 0. The van der Waals surface area contributed by atoms with Crippen molar-refractivity contribution in [3.63, 3.8) is 0 Å². The van der Waals surface area contributed by atoms with Crippen molar-refractivity contribution >= 4 is 21.9 Å². The zero-order chi connectivity index (χ0) is 24.8. The van der Waals surface area contributed by atoms with Crippen molar-refractivity contribution in [2.45, 2.75) is 19.4 Å². The SMILES string of the molecule is Fc1ccccc1-c1cccc2[nH]c(-c3n[nH]c4ncc(-c5cccc(CN6CCCC6)c5)cc34)cc12. The lowest BCUT2D eigenvalue weighted by Gasteiger charge is -2.15. The number of aromatic nitrogens is 4. The Bertz CT molecular complexity index is 1740. The summed E-state index contributed by atoms with van der Waals surface area (Å²) in [5, 5.41) is 9.58. The molecule has 7 rings (SSSR count). The maximum Gasteiger partial charge on any atom is 0.155 e. The molecule has 0 radical (unpaired) electrons. The second-order valence-corrected chi connectivity index (χ2v) is 9.81. The Balaban J connectivity index is 1.29. The molecule has 0 unspecified atom stereocenters. The molecule has 6 heteroatoms. The van der Waals surface area contributed by atoms with Crippen LogP contribution in [0.1, 0.15) is 18.4 Å². The van der Waals surface area contributed by atoms with Gasteiger partial charge in [-0.1, -0.05) is 48.5 Å². The molecule has 2 N–H and O–H groups in total. The van der Waals surface area contributed by atoms with Crippen LogP contribution in [0.5, 0.6) is 0 Å². The van der Waals surface area contributed by atoms with E-state index in [1.807, 2.05) is 36.5 Å². The van der Waals surface area contributed by atoms with E-state index in [0.29, 0.717) is 5.56 Å². The number of likely N-dealkylation sites (tertiary alicyclic amines) is 1. The van der Waals surface area contributed by atoms with Gasteiger partial charge in [0.2, 0.25) is 0 Å². The predicted molar refractivity (Wildman–Crippen MR) is 147 cm³/mol. The molecule has 1 aliphatic heterocycles. The number of pyridine rings is 1. The molecule has 0 amide bonds. The first-order valence-electron chi connectivity index (χ1n) is 12.8. The van der Waals surface area contributed by atoms with E-state index in [2.05, 4.69) is 61.5 Å². The highest BCUT2D eigenvalue weighted by molar-refractivity contribution is 6.01. The van der Waals surface area contributed by atoms with E-state index in [4.69, 9.17) is 0 Å². The van der Waals surface area contributed by atoms with E-state index < -0.39 is 0 Å². The number of H-pyrrole nitrogens is 2. The molecule has 1 aliphatic rings. The maximum absolute atomic E-state index is 14.6. The van der Waals surface area contributed by atoms with Gasteiger partial charge in [0.25, 0.3) is 0 Å². The van der Waals surface area contributed by atoms with Crippen LogP contribution >= 0.6 is 0 Å². The monoisotopic (exact) mass is 487 g/mol. The number of hydrogen-bond donors (Lipinski definition) is 2. The number of nitrogens with zero attached hydrogens (tertiary/aromatic N) is 3. The molecule has 1 fully saturated rings. The molecule has 0 atom stereocenters. The number of benzene rings is 3. The zero-order valence-electron chi connectivity index (χ0n) is 20.3. The molecule has 4 heterocycles. The predicted octanol–water partition coefficient (Wildman–Crippen LogP) is 7.18. The molecular formula is C31H26FN5. The van der Waals surface area contributed by atoms with Gasteiger partial charge < -0.3 is 4.98 Å². The van der Waals surface area contributed by atoms with Crippen molar-refractivity contribution in [1.29, 1.82) is 0 Å². The molecule has 0 bridgehead atoms. The van der Waals surface area contributed by atoms with Gasteiger partial charge in [-0.3, -0.25) is 10.00 Å².